The van der Waals surface area contributed by atoms with Crippen molar-refractivity contribution in [2.75, 3.05) is 7.11 Å². The Kier molecular flexibility index (Phi) is 3.87. The second-order valence-electron chi connectivity index (χ2n) is 4.13. The Bertz CT molecular complexity index is 566. The van der Waals surface area contributed by atoms with E-state index >= 15 is 0 Å². The lowest BCUT2D eigenvalue weighted by Crippen LogP contribution is -1.91. The third-order valence-electron chi connectivity index (χ3n) is 2.91. The number of hydrogen-bond acceptors (Lipinski definition) is 1. The fourth-order valence-electron chi connectivity index (χ4n) is 1.95. The Hall–Kier alpha value is -1.54. The first-order valence-corrected chi connectivity index (χ1v) is 6.18. The van der Waals surface area contributed by atoms with Crippen LogP contribution in [0.5, 0.6) is 5.75 Å². The van der Waals surface area contributed by atoms with E-state index in [1.807, 2.05) is 25.1 Å². The van der Waals surface area contributed by atoms with Crippen molar-refractivity contribution in [2.24, 2.45) is 0 Å². The molecule has 0 aliphatic rings. The van der Waals surface area contributed by atoms with Crippen molar-refractivity contribution in [3.8, 4) is 16.9 Å². The first kappa shape index (κ1) is 12.9. The van der Waals surface area contributed by atoms with Gasteiger partial charge in [0, 0.05) is 11.4 Å². The predicted molar refractivity (Wildman–Crippen MR) is 72.7 cm³/mol. The van der Waals surface area contributed by atoms with E-state index in [0.717, 1.165) is 16.7 Å². The molecule has 2 rings (SSSR count). The quantitative estimate of drug-likeness (QED) is 0.739. The van der Waals surface area contributed by atoms with Gasteiger partial charge in [-0.25, -0.2) is 4.39 Å². The standard InChI is InChI=1S/C15H14ClFO/c1-10-7-11(9-16)3-5-13(10)14-8-12(18-2)4-6-15(14)17/h3-8H,9H2,1-2H3. The van der Waals surface area contributed by atoms with Gasteiger partial charge in [-0.2, -0.15) is 0 Å². The Morgan fingerprint density at radius 2 is 1.89 bits per heavy atom. The minimum atomic E-state index is -0.252. The summed E-state index contributed by atoms with van der Waals surface area (Å²) >= 11 is 5.78. The largest absolute Gasteiger partial charge is 0.497 e. The van der Waals surface area contributed by atoms with Gasteiger partial charge in [0.15, 0.2) is 0 Å². The van der Waals surface area contributed by atoms with E-state index in [2.05, 4.69) is 0 Å². The summed E-state index contributed by atoms with van der Waals surface area (Å²) in [5.41, 5.74) is 3.44. The number of rotatable bonds is 3. The molecule has 2 aromatic rings. The zero-order chi connectivity index (χ0) is 13.1. The highest BCUT2D eigenvalue weighted by molar-refractivity contribution is 6.17. The molecular formula is C15H14ClFO. The predicted octanol–water partition coefficient (Wildman–Crippen LogP) is 4.55. The molecule has 0 aromatic heterocycles. The summed E-state index contributed by atoms with van der Waals surface area (Å²) in [4.78, 5) is 0. The number of hydrogen-bond donors (Lipinski definition) is 0. The fourth-order valence-corrected chi connectivity index (χ4v) is 2.12. The third kappa shape index (κ3) is 2.49. The number of ether oxygens (including phenoxy) is 1. The zero-order valence-corrected chi connectivity index (χ0v) is 11.1. The maximum atomic E-state index is 13.9. The minimum absolute atomic E-state index is 0.252. The third-order valence-corrected chi connectivity index (χ3v) is 3.22. The molecule has 0 bridgehead atoms. The molecule has 0 saturated heterocycles. The SMILES string of the molecule is COc1ccc(F)c(-c2ccc(CCl)cc2C)c1. The highest BCUT2D eigenvalue weighted by atomic mass is 35.5. The van der Waals surface area contributed by atoms with E-state index in [1.54, 1.807) is 19.2 Å². The maximum Gasteiger partial charge on any atom is 0.131 e. The van der Waals surface area contributed by atoms with Crippen molar-refractivity contribution < 1.29 is 9.13 Å². The molecule has 0 aliphatic heterocycles. The van der Waals surface area contributed by atoms with Crippen LogP contribution in [-0.4, -0.2) is 7.11 Å². The molecule has 0 fully saturated rings. The molecule has 0 heterocycles. The van der Waals surface area contributed by atoms with Gasteiger partial charge in [-0.15, -0.1) is 11.6 Å². The number of halogens is 2. The van der Waals surface area contributed by atoms with Crippen LogP contribution in [-0.2, 0) is 5.88 Å². The molecule has 0 spiro atoms. The lowest BCUT2D eigenvalue weighted by atomic mass is 9.98. The normalized spacial score (nSPS) is 10.4. The maximum absolute atomic E-state index is 13.9. The van der Waals surface area contributed by atoms with Crippen molar-refractivity contribution in [2.45, 2.75) is 12.8 Å². The van der Waals surface area contributed by atoms with Gasteiger partial charge in [0.05, 0.1) is 7.11 Å². The zero-order valence-electron chi connectivity index (χ0n) is 10.3. The second-order valence-corrected chi connectivity index (χ2v) is 4.40. The molecule has 94 valence electrons. The molecule has 0 N–H and O–H groups in total. The van der Waals surface area contributed by atoms with Gasteiger partial charge in [-0.1, -0.05) is 18.2 Å². The van der Waals surface area contributed by atoms with Gasteiger partial charge in [0.1, 0.15) is 11.6 Å². The summed E-state index contributed by atoms with van der Waals surface area (Å²) in [7, 11) is 1.57. The van der Waals surface area contributed by atoms with E-state index < -0.39 is 0 Å². The van der Waals surface area contributed by atoms with Crippen LogP contribution in [0.15, 0.2) is 36.4 Å². The van der Waals surface area contributed by atoms with Crippen LogP contribution >= 0.6 is 11.6 Å². The van der Waals surface area contributed by atoms with E-state index in [9.17, 15) is 4.39 Å². The van der Waals surface area contributed by atoms with Crippen LogP contribution in [0, 0.1) is 12.7 Å². The average Bonchev–Trinajstić information content (AvgIpc) is 2.39. The van der Waals surface area contributed by atoms with E-state index in [-0.39, 0.29) is 5.82 Å². The molecule has 3 heteroatoms. The van der Waals surface area contributed by atoms with E-state index in [0.29, 0.717) is 17.2 Å². The number of benzene rings is 2. The van der Waals surface area contributed by atoms with Crippen molar-refractivity contribution in [3.63, 3.8) is 0 Å². The molecule has 18 heavy (non-hydrogen) atoms. The van der Waals surface area contributed by atoms with Crippen molar-refractivity contribution in [3.05, 3.63) is 53.3 Å². The molecule has 0 aliphatic carbocycles. The monoisotopic (exact) mass is 264 g/mol. The topological polar surface area (TPSA) is 9.23 Å². The average molecular weight is 265 g/mol. The molecule has 2 aromatic carbocycles. The van der Waals surface area contributed by atoms with Crippen molar-refractivity contribution >= 4 is 11.6 Å². The minimum Gasteiger partial charge on any atom is -0.497 e. The van der Waals surface area contributed by atoms with Crippen LogP contribution in [0.25, 0.3) is 11.1 Å². The second kappa shape index (κ2) is 5.40. The number of methoxy groups -OCH3 is 1. The van der Waals surface area contributed by atoms with Crippen LogP contribution in [0.2, 0.25) is 0 Å². The molecule has 0 saturated carbocycles. The lowest BCUT2D eigenvalue weighted by molar-refractivity contribution is 0.414. The summed E-state index contributed by atoms with van der Waals surface area (Å²) in [6.45, 7) is 1.95. The number of aryl methyl sites for hydroxylation is 1. The van der Waals surface area contributed by atoms with Crippen molar-refractivity contribution in [1.29, 1.82) is 0 Å². The van der Waals surface area contributed by atoms with Crippen LogP contribution < -0.4 is 4.74 Å². The summed E-state index contributed by atoms with van der Waals surface area (Å²) in [5.74, 6) is 0.853. The smallest absolute Gasteiger partial charge is 0.131 e. The summed E-state index contributed by atoms with van der Waals surface area (Å²) < 4.78 is 19.0. The van der Waals surface area contributed by atoms with Gasteiger partial charge >= 0.3 is 0 Å². The highest BCUT2D eigenvalue weighted by Gasteiger charge is 2.09. The Morgan fingerprint density at radius 1 is 1.11 bits per heavy atom. The van der Waals surface area contributed by atoms with Crippen LogP contribution in [0.1, 0.15) is 11.1 Å². The van der Waals surface area contributed by atoms with Gasteiger partial charge in [0.25, 0.3) is 0 Å². The molecule has 0 radical (unpaired) electrons. The summed E-state index contributed by atoms with van der Waals surface area (Å²) in [6, 6.07) is 10.5. The van der Waals surface area contributed by atoms with Crippen molar-refractivity contribution in [1.82, 2.24) is 0 Å². The van der Waals surface area contributed by atoms with Gasteiger partial charge in [-0.3, -0.25) is 0 Å². The summed E-state index contributed by atoms with van der Waals surface area (Å²) in [6.07, 6.45) is 0. The van der Waals surface area contributed by atoms with E-state index in [1.165, 1.54) is 6.07 Å². The highest BCUT2D eigenvalue weighted by Crippen LogP contribution is 2.30. The first-order chi connectivity index (χ1) is 8.65. The molecule has 0 atom stereocenters. The van der Waals surface area contributed by atoms with Crippen LogP contribution in [0.3, 0.4) is 0 Å². The summed E-state index contributed by atoms with van der Waals surface area (Å²) in [5, 5.41) is 0. The Labute approximate surface area is 111 Å². The fraction of sp³-hybridized carbons (Fsp3) is 0.200. The van der Waals surface area contributed by atoms with Gasteiger partial charge in [-0.05, 0) is 41.8 Å². The van der Waals surface area contributed by atoms with E-state index in [4.69, 9.17) is 16.3 Å². The molecule has 0 unspecified atom stereocenters. The number of alkyl halides is 1. The first-order valence-electron chi connectivity index (χ1n) is 5.65. The molecule has 1 nitrogen and oxygen atoms in total. The van der Waals surface area contributed by atoms with Gasteiger partial charge < -0.3 is 4.74 Å². The molecule has 0 amide bonds. The Balaban J connectivity index is 2.54. The molecular weight excluding hydrogens is 251 g/mol. The van der Waals surface area contributed by atoms with Crippen LogP contribution in [0.4, 0.5) is 4.39 Å². The Morgan fingerprint density at radius 3 is 2.50 bits per heavy atom. The van der Waals surface area contributed by atoms with Gasteiger partial charge in [0.2, 0.25) is 0 Å². The lowest BCUT2D eigenvalue weighted by Gasteiger charge is -2.10.